The minimum absolute atomic E-state index is 0.0650. The lowest BCUT2D eigenvalue weighted by Gasteiger charge is -2.36. The van der Waals surface area contributed by atoms with Crippen molar-refractivity contribution in [2.45, 2.75) is 51.9 Å². The van der Waals surface area contributed by atoms with Gasteiger partial charge in [0.05, 0.1) is 35.8 Å². The number of nitrogens with one attached hydrogen (secondary N) is 1. The van der Waals surface area contributed by atoms with E-state index in [0.29, 0.717) is 12.2 Å². The predicted molar refractivity (Wildman–Crippen MR) is 105 cm³/mol. The molecule has 0 unspecified atom stereocenters. The molecule has 4 rings (SSSR count). The lowest BCUT2D eigenvalue weighted by Crippen LogP contribution is -2.45. The third kappa shape index (κ3) is 3.96. The van der Waals surface area contributed by atoms with Gasteiger partial charge in [-0.25, -0.2) is 9.78 Å². The van der Waals surface area contributed by atoms with Crippen LogP contribution in [0.2, 0.25) is 0 Å². The van der Waals surface area contributed by atoms with Crippen LogP contribution in [0.25, 0.3) is 0 Å². The smallest absolute Gasteiger partial charge is 0.322 e. The Kier molecular flexibility index (Phi) is 5.21. The molecule has 2 amide bonds. The number of nitrogens with zero attached hydrogens (tertiary/aromatic N) is 4. The second kappa shape index (κ2) is 7.79. The van der Waals surface area contributed by atoms with Crippen molar-refractivity contribution in [3.63, 3.8) is 0 Å². The molecule has 2 saturated heterocycles. The summed E-state index contributed by atoms with van der Waals surface area (Å²) in [6.45, 7) is 8.35. The SMILES string of the molecule is Cc1cc([C@@H]2CCCN2C(=O)Nc2ccc(N3C[C@@H](C)O[C@H](C)C3)nc2)on1. The molecule has 0 aliphatic carbocycles. The van der Waals surface area contributed by atoms with Gasteiger partial charge in [-0.1, -0.05) is 5.16 Å². The van der Waals surface area contributed by atoms with Gasteiger partial charge in [-0.3, -0.25) is 0 Å². The van der Waals surface area contributed by atoms with E-state index in [-0.39, 0.29) is 24.3 Å². The summed E-state index contributed by atoms with van der Waals surface area (Å²) in [4.78, 5) is 21.3. The maximum atomic E-state index is 12.8. The van der Waals surface area contributed by atoms with E-state index in [2.05, 4.69) is 34.2 Å². The highest BCUT2D eigenvalue weighted by Gasteiger charge is 2.32. The molecule has 2 fully saturated rings. The molecule has 2 aromatic heterocycles. The van der Waals surface area contributed by atoms with Crippen LogP contribution in [0.3, 0.4) is 0 Å². The highest BCUT2D eigenvalue weighted by atomic mass is 16.5. The third-order valence-electron chi connectivity index (χ3n) is 5.23. The average Bonchev–Trinajstić information content (AvgIpc) is 3.30. The lowest BCUT2D eigenvalue weighted by molar-refractivity contribution is -0.00545. The Morgan fingerprint density at radius 2 is 2.04 bits per heavy atom. The van der Waals surface area contributed by atoms with Gasteiger partial charge < -0.3 is 24.4 Å². The highest BCUT2D eigenvalue weighted by molar-refractivity contribution is 5.89. The summed E-state index contributed by atoms with van der Waals surface area (Å²) in [5.41, 5.74) is 1.51. The number of carbonyl (C=O) groups is 1. The van der Waals surface area contributed by atoms with Gasteiger partial charge in [0.25, 0.3) is 0 Å². The Labute approximate surface area is 164 Å². The van der Waals surface area contributed by atoms with E-state index in [0.717, 1.165) is 43.2 Å². The van der Waals surface area contributed by atoms with E-state index in [4.69, 9.17) is 9.26 Å². The summed E-state index contributed by atoms with van der Waals surface area (Å²) >= 11 is 0. The van der Waals surface area contributed by atoms with Crippen LogP contribution in [-0.4, -0.2) is 52.9 Å². The lowest BCUT2D eigenvalue weighted by atomic mass is 10.1. The molecule has 8 nitrogen and oxygen atoms in total. The Hall–Kier alpha value is -2.61. The average molecular weight is 385 g/mol. The van der Waals surface area contributed by atoms with Crippen molar-refractivity contribution >= 4 is 17.5 Å². The molecule has 8 heteroatoms. The van der Waals surface area contributed by atoms with Crippen LogP contribution in [0.15, 0.2) is 28.9 Å². The molecule has 3 atom stereocenters. The summed E-state index contributed by atoms with van der Waals surface area (Å²) in [5, 5.41) is 6.90. The first-order chi connectivity index (χ1) is 13.5. The molecule has 2 aliphatic heterocycles. The van der Waals surface area contributed by atoms with Crippen LogP contribution in [0.4, 0.5) is 16.3 Å². The van der Waals surface area contributed by atoms with Crippen molar-refractivity contribution in [2.24, 2.45) is 0 Å². The van der Waals surface area contributed by atoms with Gasteiger partial charge >= 0.3 is 6.03 Å². The van der Waals surface area contributed by atoms with E-state index < -0.39 is 0 Å². The summed E-state index contributed by atoms with van der Waals surface area (Å²) in [5.74, 6) is 1.64. The molecule has 28 heavy (non-hydrogen) atoms. The molecule has 2 aliphatic rings. The number of carbonyl (C=O) groups excluding carboxylic acids is 1. The monoisotopic (exact) mass is 385 g/mol. The summed E-state index contributed by atoms with van der Waals surface area (Å²) in [7, 11) is 0. The first-order valence-corrected chi connectivity index (χ1v) is 9.87. The fraction of sp³-hybridized carbons (Fsp3) is 0.550. The van der Waals surface area contributed by atoms with Crippen LogP contribution in [0.5, 0.6) is 0 Å². The van der Waals surface area contributed by atoms with Crippen molar-refractivity contribution in [2.75, 3.05) is 29.9 Å². The molecule has 4 heterocycles. The van der Waals surface area contributed by atoms with Crippen molar-refractivity contribution < 1.29 is 14.1 Å². The molecule has 0 saturated carbocycles. The molecule has 0 radical (unpaired) electrons. The van der Waals surface area contributed by atoms with E-state index in [1.54, 1.807) is 11.1 Å². The summed E-state index contributed by atoms with van der Waals surface area (Å²) in [6.07, 6.45) is 3.89. The highest BCUT2D eigenvalue weighted by Crippen LogP contribution is 2.32. The standard InChI is InChI=1S/C20H27N5O3/c1-13-9-18(28-23-13)17-5-4-8-25(17)20(26)22-16-6-7-19(21-10-16)24-11-14(2)27-15(3)12-24/h6-7,9-10,14-15,17H,4-5,8,11-12H2,1-3H3,(H,22,26)/t14-,15-,17+/m1/s1. The summed E-state index contributed by atoms with van der Waals surface area (Å²) in [6, 6.07) is 5.54. The number of rotatable bonds is 3. The van der Waals surface area contributed by atoms with Crippen LogP contribution in [0.1, 0.15) is 44.2 Å². The quantitative estimate of drug-likeness (QED) is 0.872. The number of aromatic nitrogens is 2. The topological polar surface area (TPSA) is 83.7 Å². The first-order valence-electron chi connectivity index (χ1n) is 9.87. The van der Waals surface area contributed by atoms with Crippen LogP contribution in [-0.2, 0) is 4.74 Å². The van der Waals surface area contributed by atoms with Crippen molar-refractivity contribution in [3.8, 4) is 0 Å². The minimum atomic E-state index is -0.139. The largest absolute Gasteiger partial charge is 0.372 e. The Morgan fingerprint density at radius 1 is 1.25 bits per heavy atom. The number of pyridine rings is 1. The van der Waals surface area contributed by atoms with Gasteiger partial charge in [0.1, 0.15) is 5.82 Å². The molecule has 2 aromatic rings. The number of urea groups is 1. The maximum absolute atomic E-state index is 12.8. The number of likely N-dealkylation sites (tertiary alicyclic amines) is 1. The fourth-order valence-corrected chi connectivity index (χ4v) is 4.05. The zero-order valence-corrected chi connectivity index (χ0v) is 16.6. The third-order valence-corrected chi connectivity index (χ3v) is 5.23. The Bertz CT molecular complexity index is 812. The number of aryl methyl sites for hydroxylation is 1. The minimum Gasteiger partial charge on any atom is -0.372 e. The van der Waals surface area contributed by atoms with Crippen molar-refractivity contribution in [1.29, 1.82) is 0 Å². The number of ether oxygens (including phenoxy) is 1. The Morgan fingerprint density at radius 3 is 2.68 bits per heavy atom. The number of hydrogen-bond acceptors (Lipinski definition) is 6. The zero-order chi connectivity index (χ0) is 19.7. The van der Waals surface area contributed by atoms with Gasteiger partial charge in [0.2, 0.25) is 0 Å². The van der Waals surface area contributed by atoms with E-state index in [1.165, 1.54) is 0 Å². The van der Waals surface area contributed by atoms with Crippen molar-refractivity contribution in [3.05, 3.63) is 35.9 Å². The molecular weight excluding hydrogens is 358 g/mol. The van der Waals surface area contributed by atoms with Crippen LogP contribution >= 0.6 is 0 Å². The molecule has 0 bridgehead atoms. The van der Waals surface area contributed by atoms with Gasteiger partial charge in [0, 0.05) is 25.7 Å². The number of amides is 2. The molecule has 150 valence electrons. The van der Waals surface area contributed by atoms with Gasteiger partial charge in [-0.2, -0.15) is 0 Å². The van der Waals surface area contributed by atoms with E-state index in [9.17, 15) is 4.79 Å². The van der Waals surface area contributed by atoms with Crippen molar-refractivity contribution in [1.82, 2.24) is 15.0 Å². The van der Waals surface area contributed by atoms with Crippen LogP contribution < -0.4 is 10.2 Å². The van der Waals surface area contributed by atoms with Gasteiger partial charge in [0.15, 0.2) is 5.76 Å². The van der Waals surface area contributed by atoms with Gasteiger partial charge in [-0.15, -0.1) is 0 Å². The predicted octanol–water partition coefficient (Wildman–Crippen LogP) is 3.36. The number of hydrogen-bond donors (Lipinski definition) is 1. The molecule has 0 aromatic carbocycles. The Balaban J connectivity index is 1.40. The second-order valence-electron chi connectivity index (χ2n) is 7.72. The maximum Gasteiger partial charge on any atom is 0.322 e. The second-order valence-corrected chi connectivity index (χ2v) is 7.72. The number of anilines is 2. The van der Waals surface area contributed by atoms with E-state index in [1.807, 2.05) is 25.1 Å². The fourth-order valence-electron chi connectivity index (χ4n) is 4.05. The van der Waals surface area contributed by atoms with Crippen LogP contribution in [0, 0.1) is 6.92 Å². The van der Waals surface area contributed by atoms with E-state index >= 15 is 0 Å². The first kappa shape index (κ1) is 18.7. The molecule has 0 spiro atoms. The summed E-state index contributed by atoms with van der Waals surface area (Å²) < 4.78 is 11.2. The molecular formula is C20H27N5O3. The van der Waals surface area contributed by atoms with Gasteiger partial charge in [-0.05, 0) is 45.7 Å². The number of morpholine rings is 1. The molecule has 1 N–H and O–H groups in total. The zero-order valence-electron chi connectivity index (χ0n) is 16.6. The normalized spacial score (nSPS) is 25.2.